The highest BCUT2D eigenvalue weighted by Crippen LogP contribution is 2.62. The zero-order valence-corrected chi connectivity index (χ0v) is 9.53. The number of benzene rings is 1. The summed E-state index contributed by atoms with van der Waals surface area (Å²) in [5, 5.41) is 0. The molecule has 2 aliphatic carbocycles. The number of hydrogen-bond donors (Lipinski definition) is 1. The first kappa shape index (κ1) is 8.80. The van der Waals surface area contributed by atoms with Crippen LogP contribution >= 0.6 is 0 Å². The first-order valence-electron chi connectivity index (χ1n) is 6.30. The van der Waals surface area contributed by atoms with Gasteiger partial charge < -0.3 is 4.98 Å². The van der Waals surface area contributed by atoms with E-state index in [1.807, 2.05) is 0 Å². The Morgan fingerprint density at radius 3 is 2.81 bits per heavy atom. The molecule has 2 fully saturated rings. The van der Waals surface area contributed by atoms with Crippen LogP contribution in [0.15, 0.2) is 18.2 Å². The summed E-state index contributed by atoms with van der Waals surface area (Å²) in [7, 11) is 0. The van der Waals surface area contributed by atoms with Crippen LogP contribution in [0.5, 0.6) is 0 Å². The number of H-pyrrole nitrogens is 1. The normalized spacial score (nSPS) is 31.9. The number of hydrogen-bond acceptors (Lipinski definition) is 1. The molecule has 1 aromatic carbocycles. The fraction of sp³-hybridized carbons (Fsp3) is 0.500. The van der Waals surface area contributed by atoms with Crippen molar-refractivity contribution in [3.63, 3.8) is 0 Å². The summed E-state index contributed by atoms with van der Waals surface area (Å²) in [5.74, 6) is 3.89. The van der Waals surface area contributed by atoms with E-state index in [2.05, 4.69) is 30.1 Å². The van der Waals surface area contributed by atoms with E-state index >= 15 is 0 Å². The minimum Gasteiger partial charge on any atom is -0.342 e. The van der Waals surface area contributed by atoms with E-state index in [9.17, 15) is 0 Å². The Morgan fingerprint density at radius 1 is 1.25 bits per heavy atom. The first-order chi connectivity index (χ1) is 7.84. The van der Waals surface area contributed by atoms with Crippen LogP contribution in [0.25, 0.3) is 11.0 Å². The van der Waals surface area contributed by atoms with E-state index in [1.54, 1.807) is 0 Å². The van der Waals surface area contributed by atoms with Crippen LogP contribution in [-0.2, 0) is 0 Å². The Morgan fingerprint density at radius 2 is 2.06 bits per heavy atom. The van der Waals surface area contributed by atoms with Gasteiger partial charge in [0.25, 0.3) is 0 Å². The van der Waals surface area contributed by atoms with Crippen LogP contribution in [0, 0.1) is 18.8 Å². The third-order valence-electron chi connectivity index (χ3n) is 4.46. The van der Waals surface area contributed by atoms with Crippen LogP contribution in [0.4, 0.5) is 0 Å². The zero-order chi connectivity index (χ0) is 10.7. The van der Waals surface area contributed by atoms with Crippen molar-refractivity contribution in [2.45, 2.75) is 32.1 Å². The molecule has 0 radical (unpaired) electrons. The third kappa shape index (κ3) is 1.05. The number of rotatable bonds is 1. The molecular weight excluding hydrogens is 196 g/mol. The number of imidazole rings is 1. The molecule has 2 aliphatic rings. The van der Waals surface area contributed by atoms with Gasteiger partial charge in [-0.25, -0.2) is 4.98 Å². The molecule has 1 aromatic heterocycles. The maximum atomic E-state index is 4.80. The topological polar surface area (TPSA) is 28.7 Å². The van der Waals surface area contributed by atoms with Crippen molar-refractivity contribution in [2.75, 3.05) is 0 Å². The highest BCUT2D eigenvalue weighted by molar-refractivity contribution is 5.78. The van der Waals surface area contributed by atoms with Gasteiger partial charge in [-0.15, -0.1) is 0 Å². The van der Waals surface area contributed by atoms with Crippen molar-refractivity contribution >= 4 is 11.0 Å². The second-order valence-corrected chi connectivity index (χ2v) is 5.38. The lowest BCUT2D eigenvalue weighted by atomic mass is 10.1. The molecular formula is C14H16N2. The van der Waals surface area contributed by atoms with Crippen molar-refractivity contribution < 1.29 is 0 Å². The van der Waals surface area contributed by atoms with Gasteiger partial charge in [-0.05, 0) is 43.2 Å². The molecule has 2 saturated carbocycles. The minimum atomic E-state index is 0.751. The van der Waals surface area contributed by atoms with Crippen LogP contribution in [0.2, 0.25) is 0 Å². The molecule has 0 saturated heterocycles. The quantitative estimate of drug-likeness (QED) is 0.771. The number of aromatic amines is 1. The lowest BCUT2D eigenvalue weighted by Gasteiger charge is -1.97. The van der Waals surface area contributed by atoms with Gasteiger partial charge in [-0.2, -0.15) is 0 Å². The number of nitrogens with one attached hydrogen (secondary N) is 1. The second kappa shape index (κ2) is 2.88. The summed E-state index contributed by atoms with van der Waals surface area (Å²) in [6, 6.07) is 6.38. The predicted molar refractivity (Wildman–Crippen MR) is 64.4 cm³/mol. The molecule has 0 aliphatic heterocycles. The summed E-state index contributed by atoms with van der Waals surface area (Å²) in [6.07, 6.45) is 4.28. The number of aryl methyl sites for hydroxylation is 1. The lowest BCUT2D eigenvalue weighted by molar-refractivity contribution is 0.664. The molecule has 1 N–H and O–H groups in total. The standard InChI is InChI=1S/C14H16N2/c1-8-4-2-7-11-13(8)16-14(15-11)12-9-5-3-6-10(9)12/h2,4,7,9-10,12H,3,5-6H2,1H3,(H,15,16). The van der Waals surface area contributed by atoms with E-state index in [1.165, 1.54) is 41.7 Å². The summed E-state index contributed by atoms with van der Waals surface area (Å²) in [6.45, 7) is 2.14. The molecule has 0 amide bonds. The minimum absolute atomic E-state index is 0.751. The van der Waals surface area contributed by atoms with Crippen molar-refractivity contribution in [1.29, 1.82) is 0 Å². The summed E-state index contributed by atoms with van der Waals surface area (Å²) >= 11 is 0. The smallest absolute Gasteiger partial charge is 0.110 e. The molecule has 4 rings (SSSR count). The SMILES string of the molecule is Cc1cccc2[nH]c(C3C4CCCC43)nc12. The molecule has 16 heavy (non-hydrogen) atoms. The summed E-state index contributed by atoms with van der Waals surface area (Å²) < 4.78 is 0. The van der Waals surface area contributed by atoms with Gasteiger partial charge in [0.05, 0.1) is 11.0 Å². The van der Waals surface area contributed by atoms with Gasteiger partial charge in [-0.3, -0.25) is 0 Å². The molecule has 0 bridgehead atoms. The Kier molecular flexibility index (Phi) is 1.58. The number of nitrogens with zero attached hydrogens (tertiary/aromatic N) is 1. The Hall–Kier alpha value is -1.31. The van der Waals surface area contributed by atoms with Crippen LogP contribution < -0.4 is 0 Å². The van der Waals surface area contributed by atoms with E-state index in [4.69, 9.17) is 4.98 Å². The highest BCUT2D eigenvalue weighted by Gasteiger charge is 2.54. The fourth-order valence-electron chi connectivity index (χ4n) is 3.58. The Balaban J connectivity index is 1.79. The average molecular weight is 212 g/mol. The van der Waals surface area contributed by atoms with Crippen molar-refractivity contribution in [3.8, 4) is 0 Å². The summed E-state index contributed by atoms with van der Waals surface area (Å²) in [4.78, 5) is 8.32. The predicted octanol–water partition coefficient (Wildman–Crippen LogP) is 3.38. The van der Waals surface area contributed by atoms with Gasteiger partial charge >= 0.3 is 0 Å². The highest BCUT2D eigenvalue weighted by atomic mass is 15.0. The molecule has 82 valence electrons. The van der Waals surface area contributed by atoms with Crippen LogP contribution in [-0.4, -0.2) is 9.97 Å². The number of aromatic nitrogens is 2. The molecule has 0 spiro atoms. The molecule has 2 atom stereocenters. The summed E-state index contributed by atoms with van der Waals surface area (Å²) in [5.41, 5.74) is 3.66. The third-order valence-corrected chi connectivity index (χ3v) is 4.46. The van der Waals surface area contributed by atoms with Crippen molar-refractivity contribution in [1.82, 2.24) is 9.97 Å². The molecule has 2 aromatic rings. The lowest BCUT2D eigenvalue weighted by Crippen LogP contribution is -1.89. The second-order valence-electron chi connectivity index (χ2n) is 5.38. The van der Waals surface area contributed by atoms with E-state index in [-0.39, 0.29) is 0 Å². The van der Waals surface area contributed by atoms with Crippen molar-refractivity contribution in [2.24, 2.45) is 11.8 Å². The first-order valence-corrected chi connectivity index (χ1v) is 6.30. The van der Waals surface area contributed by atoms with Gasteiger partial charge in [-0.1, -0.05) is 18.6 Å². The Bertz CT molecular complexity index is 545. The monoisotopic (exact) mass is 212 g/mol. The molecule has 2 nitrogen and oxygen atoms in total. The van der Waals surface area contributed by atoms with Crippen LogP contribution in [0.3, 0.4) is 0 Å². The zero-order valence-electron chi connectivity index (χ0n) is 9.53. The fourth-order valence-corrected chi connectivity index (χ4v) is 3.58. The molecule has 2 heteroatoms. The van der Waals surface area contributed by atoms with Crippen molar-refractivity contribution in [3.05, 3.63) is 29.6 Å². The maximum absolute atomic E-state index is 4.80. The molecule has 2 unspecified atom stereocenters. The Labute approximate surface area is 95.1 Å². The van der Waals surface area contributed by atoms with Gasteiger partial charge in [0.15, 0.2) is 0 Å². The van der Waals surface area contributed by atoms with Gasteiger partial charge in [0.1, 0.15) is 5.82 Å². The number of fused-ring (bicyclic) bond motifs is 2. The van der Waals surface area contributed by atoms with E-state index in [0.29, 0.717) is 0 Å². The van der Waals surface area contributed by atoms with E-state index < -0.39 is 0 Å². The molecule has 1 heterocycles. The van der Waals surface area contributed by atoms with E-state index in [0.717, 1.165) is 17.8 Å². The largest absolute Gasteiger partial charge is 0.342 e. The van der Waals surface area contributed by atoms with Gasteiger partial charge in [0.2, 0.25) is 0 Å². The van der Waals surface area contributed by atoms with Gasteiger partial charge in [0, 0.05) is 5.92 Å². The van der Waals surface area contributed by atoms with Crippen LogP contribution in [0.1, 0.15) is 36.6 Å². The maximum Gasteiger partial charge on any atom is 0.110 e. The average Bonchev–Trinajstić information content (AvgIpc) is 2.72. The number of para-hydroxylation sites is 1.